The first-order valence-electron chi connectivity index (χ1n) is 10.9. The van der Waals surface area contributed by atoms with Gasteiger partial charge in [-0.2, -0.15) is 5.10 Å². The Kier molecular flexibility index (Phi) is 6.02. The molecule has 2 heterocycles. The van der Waals surface area contributed by atoms with Crippen LogP contribution in [-0.4, -0.2) is 50.7 Å². The van der Waals surface area contributed by atoms with Gasteiger partial charge in [0.1, 0.15) is 0 Å². The van der Waals surface area contributed by atoms with Crippen molar-refractivity contribution in [1.82, 2.24) is 24.6 Å². The molecule has 5 nitrogen and oxygen atoms in total. The van der Waals surface area contributed by atoms with Crippen molar-refractivity contribution in [2.24, 2.45) is 7.05 Å². The van der Waals surface area contributed by atoms with Crippen LogP contribution in [0.4, 0.5) is 0 Å². The first kappa shape index (κ1) is 20.8. The van der Waals surface area contributed by atoms with Gasteiger partial charge in [0.15, 0.2) is 11.6 Å². The van der Waals surface area contributed by atoms with Gasteiger partial charge in [-0.1, -0.05) is 75.4 Å². The lowest BCUT2D eigenvalue weighted by atomic mass is 9.87. The Hall–Kier alpha value is -2.50. The van der Waals surface area contributed by atoms with Crippen molar-refractivity contribution in [2.45, 2.75) is 39.3 Å². The van der Waals surface area contributed by atoms with E-state index in [0.29, 0.717) is 0 Å². The fourth-order valence-electron chi connectivity index (χ4n) is 4.02. The minimum absolute atomic E-state index is 0.159. The zero-order chi connectivity index (χ0) is 21.1. The summed E-state index contributed by atoms with van der Waals surface area (Å²) in [6.45, 7) is 12.8. The number of hydrogen-bond donors (Lipinski definition) is 0. The van der Waals surface area contributed by atoms with Crippen LogP contribution in [0.15, 0.2) is 54.6 Å². The zero-order valence-corrected chi connectivity index (χ0v) is 18.7. The summed E-state index contributed by atoms with van der Waals surface area (Å²) < 4.78 is 1.91. The second-order valence-corrected chi connectivity index (χ2v) is 9.34. The molecule has 1 fully saturated rings. The summed E-state index contributed by atoms with van der Waals surface area (Å²) in [7, 11) is 1.99. The number of aromatic nitrogens is 3. The fraction of sp³-hybridized carbons (Fsp3) is 0.440. The van der Waals surface area contributed by atoms with Crippen LogP contribution < -0.4 is 0 Å². The van der Waals surface area contributed by atoms with Crippen molar-refractivity contribution in [1.29, 1.82) is 0 Å². The van der Waals surface area contributed by atoms with Crippen LogP contribution in [0.3, 0.4) is 0 Å². The summed E-state index contributed by atoms with van der Waals surface area (Å²) in [5, 5.41) is 4.69. The maximum Gasteiger partial charge on any atom is 0.165 e. The van der Waals surface area contributed by atoms with E-state index >= 15 is 0 Å². The minimum Gasteiger partial charge on any atom is -0.297 e. The summed E-state index contributed by atoms with van der Waals surface area (Å²) in [5.41, 5.74) is 4.00. The molecule has 30 heavy (non-hydrogen) atoms. The molecule has 0 N–H and O–H groups in total. The molecule has 5 heteroatoms. The van der Waals surface area contributed by atoms with Crippen LogP contribution in [0.1, 0.15) is 37.7 Å². The van der Waals surface area contributed by atoms with E-state index in [9.17, 15) is 0 Å². The second kappa shape index (κ2) is 8.70. The Bertz CT molecular complexity index is 945. The summed E-state index contributed by atoms with van der Waals surface area (Å²) >= 11 is 0. The SMILES string of the molecule is Cn1nc(CN2CCN(Cc3ccccc3)CC2)nc1-c1ccc(C(C)(C)C)cc1. The van der Waals surface area contributed by atoms with E-state index in [4.69, 9.17) is 4.98 Å². The quantitative estimate of drug-likeness (QED) is 0.643. The van der Waals surface area contributed by atoms with Crippen LogP contribution in [-0.2, 0) is 25.6 Å². The van der Waals surface area contributed by atoms with Gasteiger partial charge in [0.25, 0.3) is 0 Å². The van der Waals surface area contributed by atoms with Gasteiger partial charge in [0.2, 0.25) is 0 Å². The molecule has 1 saturated heterocycles. The molecule has 0 amide bonds. The summed E-state index contributed by atoms with van der Waals surface area (Å²) in [4.78, 5) is 9.84. The lowest BCUT2D eigenvalue weighted by Crippen LogP contribution is -2.45. The number of benzene rings is 2. The monoisotopic (exact) mass is 403 g/mol. The Balaban J connectivity index is 1.35. The van der Waals surface area contributed by atoms with E-state index in [2.05, 4.69) is 90.3 Å². The van der Waals surface area contributed by atoms with Crippen LogP contribution in [0.25, 0.3) is 11.4 Å². The molecule has 1 aliphatic rings. The number of nitrogens with zero attached hydrogens (tertiary/aromatic N) is 5. The predicted octanol–water partition coefficient (Wildman–Crippen LogP) is 4.10. The third kappa shape index (κ3) is 4.97. The first-order valence-corrected chi connectivity index (χ1v) is 10.9. The Morgan fingerprint density at radius 2 is 1.40 bits per heavy atom. The molecule has 0 bridgehead atoms. The van der Waals surface area contributed by atoms with E-state index in [1.807, 2.05) is 11.7 Å². The van der Waals surface area contributed by atoms with Gasteiger partial charge >= 0.3 is 0 Å². The summed E-state index contributed by atoms with van der Waals surface area (Å²) in [5.74, 6) is 1.84. The van der Waals surface area contributed by atoms with Crippen molar-refractivity contribution in [2.75, 3.05) is 26.2 Å². The molecule has 0 spiro atoms. The van der Waals surface area contributed by atoms with E-state index in [1.165, 1.54) is 11.1 Å². The fourth-order valence-corrected chi connectivity index (χ4v) is 4.02. The number of hydrogen-bond acceptors (Lipinski definition) is 4. The number of aryl methyl sites for hydroxylation is 1. The Morgan fingerprint density at radius 1 is 0.800 bits per heavy atom. The van der Waals surface area contributed by atoms with E-state index < -0.39 is 0 Å². The second-order valence-electron chi connectivity index (χ2n) is 9.34. The van der Waals surface area contributed by atoms with Gasteiger partial charge in [-0.15, -0.1) is 0 Å². The normalized spacial score (nSPS) is 16.1. The van der Waals surface area contributed by atoms with Gasteiger partial charge in [-0.05, 0) is 16.5 Å². The van der Waals surface area contributed by atoms with E-state index in [-0.39, 0.29) is 5.41 Å². The molecule has 3 aromatic rings. The van der Waals surface area contributed by atoms with Gasteiger partial charge in [0.05, 0.1) is 6.54 Å². The third-order valence-corrected chi connectivity index (χ3v) is 5.89. The third-order valence-electron chi connectivity index (χ3n) is 5.89. The van der Waals surface area contributed by atoms with E-state index in [0.717, 1.165) is 56.5 Å². The van der Waals surface area contributed by atoms with Crippen LogP contribution in [0.5, 0.6) is 0 Å². The molecule has 2 aromatic carbocycles. The summed E-state index contributed by atoms with van der Waals surface area (Å²) in [6.07, 6.45) is 0. The molecule has 1 aromatic heterocycles. The van der Waals surface area contributed by atoms with Gasteiger partial charge in [0, 0.05) is 45.3 Å². The van der Waals surface area contributed by atoms with Crippen LogP contribution in [0, 0.1) is 0 Å². The van der Waals surface area contributed by atoms with Gasteiger partial charge in [-0.25, -0.2) is 9.67 Å². The highest BCUT2D eigenvalue weighted by atomic mass is 15.4. The molecule has 0 atom stereocenters. The Morgan fingerprint density at radius 3 is 2.00 bits per heavy atom. The van der Waals surface area contributed by atoms with Crippen LogP contribution >= 0.6 is 0 Å². The molecule has 0 unspecified atom stereocenters. The van der Waals surface area contributed by atoms with Crippen molar-refractivity contribution in [3.8, 4) is 11.4 Å². The molecule has 0 radical (unpaired) electrons. The minimum atomic E-state index is 0.159. The van der Waals surface area contributed by atoms with Crippen molar-refractivity contribution >= 4 is 0 Å². The van der Waals surface area contributed by atoms with Crippen LogP contribution in [0.2, 0.25) is 0 Å². The topological polar surface area (TPSA) is 37.2 Å². The van der Waals surface area contributed by atoms with Gasteiger partial charge in [-0.3, -0.25) is 9.80 Å². The Labute approximate surface area is 180 Å². The summed E-state index contributed by atoms with van der Waals surface area (Å²) in [6, 6.07) is 19.5. The number of rotatable bonds is 5. The lowest BCUT2D eigenvalue weighted by molar-refractivity contribution is 0.120. The molecule has 0 saturated carbocycles. The highest BCUT2D eigenvalue weighted by molar-refractivity contribution is 5.56. The highest BCUT2D eigenvalue weighted by Crippen LogP contribution is 2.25. The molecular formula is C25H33N5. The first-order chi connectivity index (χ1) is 14.4. The average molecular weight is 404 g/mol. The molecule has 1 aliphatic heterocycles. The molecular weight excluding hydrogens is 370 g/mol. The zero-order valence-electron chi connectivity index (χ0n) is 18.7. The standard InChI is InChI=1S/C25H33N5/c1-25(2,3)22-12-10-21(11-13-22)24-26-23(27-28(24)4)19-30-16-14-29(15-17-30)18-20-8-6-5-7-9-20/h5-13H,14-19H2,1-4H3. The van der Waals surface area contributed by atoms with Crippen molar-refractivity contribution in [3.05, 3.63) is 71.5 Å². The average Bonchev–Trinajstić information content (AvgIpc) is 3.10. The van der Waals surface area contributed by atoms with Crippen molar-refractivity contribution in [3.63, 3.8) is 0 Å². The predicted molar refractivity (Wildman–Crippen MR) is 122 cm³/mol. The van der Waals surface area contributed by atoms with Crippen molar-refractivity contribution < 1.29 is 0 Å². The lowest BCUT2D eigenvalue weighted by Gasteiger charge is -2.34. The molecule has 0 aliphatic carbocycles. The molecule has 4 rings (SSSR count). The highest BCUT2D eigenvalue weighted by Gasteiger charge is 2.20. The maximum atomic E-state index is 4.85. The number of piperazine rings is 1. The van der Waals surface area contributed by atoms with Gasteiger partial charge < -0.3 is 0 Å². The maximum absolute atomic E-state index is 4.85. The molecule has 158 valence electrons. The smallest absolute Gasteiger partial charge is 0.165 e. The largest absolute Gasteiger partial charge is 0.297 e. The van der Waals surface area contributed by atoms with E-state index in [1.54, 1.807) is 0 Å².